The lowest BCUT2D eigenvalue weighted by atomic mass is 9.92. The quantitative estimate of drug-likeness (QED) is 0.508. The minimum atomic E-state index is -0.664. The molecule has 0 aromatic heterocycles. The molecule has 1 saturated heterocycles. The average molecular weight is 479 g/mol. The minimum Gasteiger partial charge on any atom is -0.325 e. The predicted molar refractivity (Wildman–Crippen MR) is 124 cm³/mol. The molecule has 1 aliphatic heterocycles. The van der Waals surface area contributed by atoms with Crippen LogP contribution in [0, 0.1) is 30.3 Å². The summed E-state index contributed by atoms with van der Waals surface area (Å²) in [6, 6.07) is 7.43. The van der Waals surface area contributed by atoms with Gasteiger partial charge in [-0.1, -0.05) is 24.8 Å². The molecular weight excluding hydrogens is 449 g/mol. The van der Waals surface area contributed by atoms with Gasteiger partial charge in [-0.25, -0.2) is 18.0 Å². The topological polar surface area (TPSA) is 49.4 Å². The van der Waals surface area contributed by atoms with E-state index in [0.717, 1.165) is 48.2 Å². The molecule has 3 unspecified atom stereocenters. The van der Waals surface area contributed by atoms with Crippen LogP contribution in [0.25, 0.3) is 0 Å². The number of urea groups is 1. The Hall–Kier alpha value is -2.48. The Morgan fingerprint density at radius 3 is 2.42 bits per heavy atom. The van der Waals surface area contributed by atoms with Crippen molar-refractivity contribution in [1.82, 2.24) is 10.2 Å². The van der Waals surface area contributed by atoms with Crippen LogP contribution < -0.4 is 5.32 Å². The standard InChI is InChI=1S/C25H29F3N2O2S/c1-15-11-19(26)7-8-22(15)23-6-4-5-9-30(23)25(32)29-24(33-17(3)31)16(2)10-18-12-20(27)14-21(28)13-18/h7-8,11-14,16,23-24H,4-6,9-10H2,1-3H3,(H,29,32). The van der Waals surface area contributed by atoms with Crippen molar-refractivity contribution in [2.45, 2.75) is 57.9 Å². The van der Waals surface area contributed by atoms with E-state index in [1.807, 2.05) is 13.8 Å². The van der Waals surface area contributed by atoms with E-state index >= 15 is 0 Å². The molecule has 33 heavy (non-hydrogen) atoms. The van der Waals surface area contributed by atoms with Gasteiger partial charge in [0.15, 0.2) is 5.12 Å². The first kappa shape index (κ1) is 25.1. The second kappa shape index (κ2) is 11.1. The van der Waals surface area contributed by atoms with Crippen LogP contribution in [0.2, 0.25) is 0 Å². The van der Waals surface area contributed by atoms with Gasteiger partial charge in [-0.05, 0) is 79.5 Å². The first-order valence-corrected chi connectivity index (χ1v) is 12.0. The summed E-state index contributed by atoms with van der Waals surface area (Å²) in [5.41, 5.74) is 2.15. The fourth-order valence-electron chi connectivity index (χ4n) is 4.39. The largest absolute Gasteiger partial charge is 0.325 e. The molecule has 0 radical (unpaired) electrons. The zero-order chi connectivity index (χ0) is 24.1. The molecular formula is C25H29F3N2O2S. The molecule has 178 valence electrons. The van der Waals surface area contributed by atoms with Crippen molar-refractivity contribution in [3.8, 4) is 0 Å². The molecule has 0 aliphatic carbocycles. The monoisotopic (exact) mass is 478 g/mol. The molecule has 3 rings (SSSR count). The number of carbonyl (C=O) groups is 2. The Balaban J connectivity index is 1.78. The molecule has 0 bridgehead atoms. The summed E-state index contributed by atoms with van der Waals surface area (Å²) in [7, 11) is 0. The number of carbonyl (C=O) groups excluding carboxylic acids is 2. The van der Waals surface area contributed by atoms with E-state index in [-0.39, 0.29) is 28.9 Å². The van der Waals surface area contributed by atoms with Crippen molar-refractivity contribution in [2.75, 3.05) is 6.54 Å². The summed E-state index contributed by atoms with van der Waals surface area (Å²) in [4.78, 5) is 26.9. The Bertz CT molecular complexity index is 997. The molecule has 3 atom stereocenters. The van der Waals surface area contributed by atoms with Gasteiger partial charge in [0, 0.05) is 19.5 Å². The van der Waals surface area contributed by atoms with Crippen molar-refractivity contribution in [3.63, 3.8) is 0 Å². The van der Waals surface area contributed by atoms with E-state index in [2.05, 4.69) is 5.32 Å². The van der Waals surface area contributed by atoms with Crippen molar-refractivity contribution >= 4 is 22.9 Å². The summed E-state index contributed by atoms with van der Waals surface area (Å²) in [6.45, 7) is 5.64. The van der Waals surface area contributed by atoms with Crippen molar-refractivity contribution < 1.29 is 22.8 Å². The molecule has 4 nitrogen and oxygen atoms in total. The second-order valence-electron chi connectivity index (χ2n) is 8.64. The maximum Gasteiger partial charge on any atom is 0.318 e. The highest BCUT2D eigenvalue weighted by molar-refractivity contribution is 8.14. The Kier molecular flexibility index (Phi) is 8.46. The zero-order valence-electron chi connectivity index (χ0n) is 19.0. The lowest BCUT2D eigenvalue weighted by molar-refractivity contribution is -0.109. The van der Waals surface area contributed by atoms with Crippen LogP contribution in [0.3, 0.4) is 0 Å². The molecule has 2 amide bonds. The Morgan fingerprint density at radius 2 is 1.79 bits per heavy atom. The third kappa shape index (κ3) is 6.76. The predicted octanol–water partition coefficient (Wildman–Crippen LogP) is 6.13. The third-order valence-corrected chi connectivity index (χ3v) is 7.08. The van der Waals surface area contributed by atoms with Gasteiger partial charge in [0.2, 0.25) is 0 Å². The maximum absolute atomic E-state index is 13.6. The lowest BCUT2D eigenvalue weighted by Crippen LogP contribution is -2.49. The number of benzene rings is 2. The van der Waals surface area contributed by atoms with Gasteiger partial charge in [-0.15, -0.1) is 0 Å². The van der Waals surface area contributed by atoms with Gasteiger partial charge >= 0.3 is 6.03 Å². The van der Waals surface area contributed by atoms with Crippen LogP contribution >= 0.6 is 11.8 Å². The average Bonchev–Trinajstić information content (AvgIpc) is 2.72. The number of hydrogen-bond acceptors (Lipinski definition) is 3. The third-order valence-electron chi connectivity index (χ3n) is 5.91. The molecule has 1 aliphatic rings. The van der Waals surface area contributed by atoms with Crippen molar-refractivity contribution in [1.29, 1.82) is 0 Å². The van der Waals surface area contributed by atoms with E-state index < -0.39 is 17.0 Å². The molecule has 1 fully saturated rings. The van der Waals surface area contributed by atoms with Gasteiger partial charge in [-0.3, -0.25) is 4.79 Å². The number of piperidine rings is 1. The van der Waals surface area contributed by atoms with Crippen LogP contribution in [0.4, 0.5) is 18.0 Å². The normalized spacial score (nSPS) is 18.0. The summed E-state index contributed by atoms with van der Waals surface area (Å²) in [5, 5.41) is 2.23. The van der Waals surface area contributed by atoms with Crippen LogP contribution in [0.15, 0.2) is 36.4 Å². The summed E-state index contributed by atoms with van der Waals surface area (Å²) in [5.74, 6) is -1.91. The number of aryl methyl sites for hydroxylation is 1. The summed E-state index contributed by atoms with van der Waals surface area (Å²) >= 11 is 0.995. The fourth-order valence-corrected chi connectivity index (χ4v) is 5.24. The van der Waals surface area contributed by atoms with Gasteiger partial charge < -0.3 is 10.2 Å². The van der Waals surface area contributed by atoms with E-state index in [0.29, 0.717) is 18.5 Å². The molecule has 1 heterocycles. The zero-order valence-corrected chi connectivity index (χ0v) is 19.9. The number of rotatable bonds is 6. The van der Waals surface area contributed by atoms with Gasteiger partial charge in [0.05, 0.1) is 11.4 Å². The number of likely N-dealkylation sites (tertiary alicyclic amines) is 1. The van der Waals surface area contributed by atoms with Crippen LogP contribution in [0.5, 0.6) is 0 Å². The highest BCUT2D eigenvalue weighted by atomic mass is 32.2. The number of halogens is 3. The Labute approximate surface area is 196 Å². The SMILES string of the molecule is CC(=O)SC(NC(=O)N1CCCCC1c1ccc(F)cc1C)C(C)Cc1cc(F)cc(F)c1. The summed E-state index contributed by atoms with van der Waals surface area (Å²) in [6.07, 6.45) is 2.87. The maximum atomic E-state index is 13.6. The highest BCUT2D eigenvalue weighted by Crippen LogP contribution is 2.33. The van der Waals surface area contributed by atoms with Crippen molar-refractivity contribution in [3.05, 3.63) is 70.5 Å². The number of nitrogens with one attached hydrogen (secondary N) is 1. The highest BCUT2D eigenvalue weighted by Gasteiger charge is 2.32. The van der Waals surface area contributed by atoms with E-state index in [9.17, 15) is 22.8 Å². The van der Waals surface area contributed by atoms with E-state index in [1.165, 1.54) is 31.2 Å². The summed E-state index contributed by atoms with van der Waals surface area (Å²) < 4.78 is 40.8. The molecule has 0 saturated carbocycles. The fraction of sp³-hybridized carbons (Fsp3) is 0.440. The van der Waals surface area contributed by atoms with Gasteiger partial charge in [-0.2, -0.15) is 0 Å². The van der Waals surface area contributed by atoms with Gasteiger partial charge in [0.25, 0.3) is 0 Å². The molecule has 1 N–H and O–H groups in total. The smallest absolute Gasteiger partial charge is 0.318 e. The van der Waals surface area contributed by atoms with Crippen LogP contribution in [0.1, 0.15) is 55.8 Å². The first-order valence-electron chi connectivity index (χ1n) is 11.1. The molecule has 0 spiro atoms. The van der Waals surface area contributed by atoms with E-state index in [1.54, 1.807) is 11.0 Å². The van der Waals surface area contributed by atoms with Crippen LogP contribution in [-0.2, 0) is 11.2 Å². The molecule has 2 aromatic carbocycles. The van der Waals surface area contributed by atoms with E-state index in [4.69, 9.17) is 0 Å². The molecule has 8 heteroatoms. The van der Waals surface area contributed by atoms with Crippen LogP contribution in [-0.4, -0.2) is 28.0 Å². The van der Waals surface area contributed by atoms with Gasteiger partial charge in [0.1, 0.15) is 17.5 Å². The molecule has 2 aromatic rings. The first-order chi connectivity index (χ1) is 15.6. The lowest BCUT2D eigenvalue weighted by Gasteiger charge is -2.38. The second-order valence-corrected chi connectivity index (χ2v) is 9.96. The number of thioether (sulfide) groups is 1. The number of hydrogen-bond donors (Lipinski definition) is 1. The van der Waals surface area contributed by atoms with Crippen molar-refractivity contribution in [2.24, 2.45) is 5.92 Å². The Morgan fingerprint density at radius 1 is 1.09 bits per heavy atom. The minimum absolute atomic E-state index is 0.165. The number of nitrogens with zero attached hydrogens (tertiary/aromatic N) is 1. The number of amides is 2.